The summed E-state index contributed by atoms with van der Waals surface area (Å²) in [6, 6.07) is 7.14. The molecule has 0 heterocycles. The zero-order valence-corrected chi connectivity index (χ0v) is 10.8. The van der Waals surface area contributed by atoms with Crippen molar-refractivity contribution in [2.45, 2.75) is 34.6 Å². The first-order valence-corrected chi connectivity index (χ1v) is 5.57. The van der Waals surface area contributed by atoms with E-state index in [1.54, 1.807) is 12.1 Å². The number of nitrogens with two attached hydrogens (primary N) is 1. The number of benzene rings is 1. The Labute approximate surface area is 98.2 Å². The third-order valence-corrected chi connectivity index (χ3v) is 2.30. The van der Waals surface area contributed by atoms with Crippen LogP contribution in [-0.2, 0) is 0 Å². The van der Waals surface area contributed by atoms with Gasteiger partial charge in [-0.25, -0.2) is 0 Å². The van der Waals surface area contributed by atoms with Crippen LogP contribution < -0.4 is 5.73 Å². The van der Waals surface area contributed by atoms with Crippen LogP contribution in [-0.4, -0.2) is 5.78 Å². The van der Waals surface area contributed by atoms with Gasteiger partial charge in [0.1, 0.15) is 0 Å². The van der Waals surface area contributed by atoms with Crippen LogP contribution in [0.2, 0.25) is 0 Å². The molecule has 1 rings (SSSR count). The van der Waals surface area contributed by atoms with Gasteiger partial charge in [-0.2, -0.15) is 0 Å². The summed E-state index contributed by atoms with van der Waals surface area (Å²) in [4.78, 5) is 11.9. The van der Waals surface area contributed by atoms with Crippen LogP contribution in [0.3, 0.4) is 0 Å². The fourth-order valence-electron chi connectivity index (χ4n) is 1.13. The molecule has 0 radical (unpaired) electrons. The van der Waals surface area contributed by atoms with Gasteiger partial charge >= 0.3 is 0 Å². The first-order valence-electron chi connectivity index (χ1n) is 5.57. The molecule has 88 valence electrons. The minimum atomic E-state index is 0.0168. The minimum Gasteiger partial charge on any atom is -0.398 e. The van der Waals surface area contributed by atoms with Crippen LogP contribution in [0.5, 0.6) is 0 Å². The molecule has 0 amide bonds. The molecule has 0 spiro atoms. The summed E-state index contributed by atoms with van der Waals surface area (Å²) in [6.07, 6.45) is 0. The van der Waals surface area contributed by atoms with Gasteiger partial charge in [-0.15, -0.1) is 0 Å². The van der Waals surface area contributed by atoms with E-state index in [0.29, 0.717) is 11.3 Å². The fraction of sp³-hybridized carbons (Fsp3) is 0.357. The summed E-state index contributed by atoms with van der Waals surface area (Å²) in [6.45, 7) is 9.67. The molecule has 0 saturated heterocycles. The number of allylic oxidation sites excluding steroid dienone is 2. The summed E-state index contributed by atoms with van der Waals surface area (Å²) in [5.74, 6) is 0.0168. The molecule has 0 aliphatic carbocycles. The summed E-state index contributed by atoms with van der Waals surface area (Å²) in [5, 5.41) is 0. The van der Waals surface area contributed by atoms with Gasteiger partial charge in [0.25, 0.3) is 0 Å². The van der Waals surface area contributed by atoms with E-state index >= 15 is 0 Å². The van der Waals surface area contributed by atoms with E-state index in [1.807, 2.05) is 46.8 Å². The molecule has 0 saturated carbocycles. The van der Waals surface area contributed by atoms with Crippen molar-refractivity contribution in [3.8, 4) is 0 Å². The molecular formula is C14H21NO. The number of para-hydroxylation sites is 1. The Balaban J connectivity index is 0.00000106. The number of carbonyl (C=O) groups is 1. The first kappa shape index (κ1) is 14.4. The first-order chi connectivity index (χ1) is 7.54. The maximum Gasteiger partial charge on any atom is 0.190 e. The van der Waals surface area contributed by atoms with Gasteiger partial charge in [0.2, 0.25) is 0 Å². The quantitative estimate of drug-likeness (QED) is 0.466. The molecule has 1 aromatic rings. The molecule has 0 aliphatic rings. The smallest absolute Gasteiger partial charge is 0.190 e. The monoisotopic (exact) mass is 219 g/mol. The second kappa shape index (κ2) is 6.83. The Bertz CT molecular complexity index is 387. The zero-order valence-electron chi connectivity index (χ0n) is 10.8. The number of ketones is 1. The predicted molar refractivity (Wildman–Crippen MR) is 70.6 cm³/mol. The molecule has 1 aromatic carbocycles. The highest BCUT2D eigenvalue weighted by Gasteiger charge is 2.11. The number of rotatable bonds is 2. The molecule has 0 fully saturated rings. The van der Waals surface area contributed by atoms with E-state index < -0.39 is 0 Å². The Morgan fingerprint density at radius 2 is 1.56 bits per heavy atom. The third-order valence-electron chi connectivity index (χ3n) is 2.30. The van der Waals surface area contributed by atoms with E-state index in [0.717, 1.165) is 11.1 Å². The topological polar surface area (TPSA) is 43.1 Å². The largest absolute Gasteiger partial charge is 0.398 e. The Kier molecular flexibility index (Phi) is 6.16. The van der Waals surface area contributed by atoms with E-state index in [-0.39, 0.29) is 5.78 Å². The van der Waals surface area contributed by atoms with Gasteiger partial charge in [-0.1, -0.05) is 31.6 Å². The molecule has 0 aliphatic heterocycles. The fourth-order valence-corrected chi connectivity index (χ4v) is 1.13. The second-order valence-corrected chi connectivity index (χ2v) is 3.54. The van der Waals surface area contributed by atoms with Crippen molar-refractivity contribution in [1.82, 2.24) is 0 Å². The average molecular weight is 219 g/mol. The lowest BCUT2D eigenvalue weighted by Crippen LogP contribution is -2.05. The summed E-state index contributed by atoms with van der Waals surface area (Å²) >= 11 is 0. The van der Waals surface area contributed by atoms with Crippen LogP contribution in [0.1, 0.15) is 45.0 Å². The molecule has 2 N–H and O–H groups in total. The summed E-state index contributed by atoms with van der Waals surface area (Å²) in [7, 11) is 0. The van der Waals surface area contributed by atoms with Gasteiger partial charge < -0.3 is 5.73 Å². The second-order valence-electron chi connectivity index (χ2n) is 3.54. The van der Waals surface area contributed by atoms with E-state index in [4.69, 9.17) is 5.73 Å². The average Bonchev–Trinajstić information content (AvgIpc) is 2.30. The predicted octanol–water partition coefficient (Wildman–Crippen LogP) is 3.83. The summed E-state index contributed by atoms with van der Waals surface area (Å²) in [5.41, 5.74) is 8.64. The highest BCUT2D eigenvalue weighted by molar-refractivity contribution is 6.11. The zero-order chi connectivity index (χ0) is 12.7. The van der Waals surface area contributed by atoms with Crippen molar-refractivity contribution in [1.29, 1.82) is 0 Å². The number of Topliss-reactive ketones (excluding diaryl/α,β-unsaturated/α-hetero) is 1. The molecule has 0 atom stereocenters. The highest BCUT2D eigenvalue weighted by Crippen LogP contribution is 2.17. The maximum absolute atomic E-state index is 11.9. The molecule has 2 heteroatoms. The van der Waals surface area contributed by atoms with Crippen LogP contribution >= 0.6 is 0 Å². The lowest BCUT2D eigenvalue weighted by Gasteiger charge is -2.05. The van der Waals surface area contributed by atoms with E-state index in [9.17, 15) is 4.79 Å². The number of carbonyl (C=O) groups excluding carboxylic acids is 1. The lowest BCUT2D eigenvalue weighted by atomic mass is 10.00. The standard InChI is InChI=1S/C12H15NO.C2H6/c1-8(2)9(3)12(14)10-6-4-5-7-11(10)13;1-2/h4-7H,13H2,1-3H3;1-2H3. The number of anilines is 1. The van der Waals surface area contributed by atoms with E-state index in [1.165, 1.54) is 0 Å². The Hall–Kier alpha value is -1.57. The van der Waals surface area contributed by atoms with Crippen LogP contribution in [0, 0.1) is 0 Å². The van der Waals surface area contributed by atoms with Crippen molar-refractivity contribution < 1.29 is 4.79 Å². The lowest BCUT2D eigenvalue weighted by molar-refractivity contribution is 0.103. The van der Waals surface area contributed by atoms with Crippen molar-refractivity contribution >= 4 is 11.5 Å². The van der Waals surface area contributed by atoms with Gasteiger partial charge in [-0.05, 0) is 38.5 Å². The summed E-state index contributed by atoms with van der Waals surface area (Å²) < 4.78 is 0. The number of nitrogen functional groups attached to an aromatic ring is 1. The normalized spacial score (nSPS) is 8.81. The van der Waals surface area contributed by atoms with Gasteiger partial charge in [0.15, 0.2) is 5.78 Å². The maximum atomic E-state index is 11.9. The van der Waals surface area contributed by atoms with Crippen LogP contribution in [0.25, 0.3) is 0 Å². The SMILES string of the molecule is CC.CC(C)=C(C)C(=O)c1ccccc1N. The third kappa shape index (κ3) is 3.54. The van der Waals surface area contributed by atoms with E-state index in [2.05, 4.69) is 0 Å². The van der Waals surface area contributed by atoms with Gasteiger partial charge in [0, 0.05) is 11.3 Å². The molecule has 0 unspecified atom stereocenters. The molecule has 0 aromatic heterocycles. The van der Waals surface area contributed by atoms with Crippen LogP contribution in [0.4, 0.5) is 5.69 Å². The van der Waals surface area contributed by atoms with Gasteiger partial charge in [-0.3, -0.25) is 4.79 Å². The molecule has 0 bridgehead atoms. The number of hydrogen-bond acceptors (Lipinski definition) is 2. The Morgan fingerprint density at radius 3 is 2.00 bits per heavy atom. The van der Waals surface area contributed by atoms with Crippen molar-refractivity contribution in [3.05, 3.63) is 41.0 Å². The van der Waals surface area contributed by atoms with Gasteiger partial charge in [0.05, 0.1) is 0 Å². The molecular weight excluding hydrogens is 198 g/mol. The van der Waals surface area contributed by atoms with Crippen molar-refractivity contribution in [3.63, 3.8) is 0 Å². The molecule has 16 heavy (non-hydrogen) atoms. The number of hydrogen-bond donors (Lipinski definition) is 1. The minimum absolute atomic E-state index is 0.0168. The van der Waals surface area contributed by atoms with Crippen LogP contribution in [0.15, 0.2) is 35.4 Å². The van der Waals surface area contributed by atoms with Crippen molar-refractivity contribution in [2.24, 2.45) is 0 Å². The highest BCUT2D eigenvalue weighted by atomic mass is 16.1. The van der Waals surface area contributed by atoms with Crippen molar-refractivity contribution in [2.75, 3.05) is 5.73 Å². The molecule has 2 nitrogen and oxygen atoms in total. The Morgan fingerprint density at radius 1 is 1.06 bits per heavy atom.